The van der Waals surface area contributed by atoms with E-state index in [1.165, 1.54) is 0 Å². The monoisotopic (exact) mass is 457 g/mol. The highest BCUT2D eigenvalue weighted by molar-refractivity contribution is 9.10. The van der Waals surface area contributed by atoms with E-state index >= 15 is 0 Å². The molecule has 0 fully saturated rings. The van der Waals surface area contributed by atoms with Gasteiger partial charge >= 0.3 is 0 Å². The molecule has 0 amide bonds. The molecule has 0 spiro atoms. The third-order valence-electron chi connectivity index (χ3n) is 5.47. The van der Waals surface area contributed by atoms with Crippen molar-refractivity contribution in [3.63, 3.8) is 0 Å². The maximum absolute atomic E-state index is 12.4. The highest BCUT2D eigenvalue weighted by atomic mass is 79.9. The van der Waals surface area contributed by atoms with Gasteiger partial charge in [-0.25, -0.2) is 0 Å². The number of aliphatic hydroxyl groups is 1. The predicted molar refractivity (Wildman–Crippen MR) is 126 cm³/mol. The summed E-state index contributed by atoms with van der Waals surface area (Å²) in [7, 11) is 0. The smallest absolute Gasteiger partial charge is 0.157 e. The molecule has 3 heteroatoms. The van der Waals surface area contributed by atoms with Gasteiger partial charge in [-0.1, -0.05) is 96.5 Å². The Balaban J connectivity index is 2.03. The molecule has 1 unspecified atom stereocenters. The third kappa shape index (κ3) is 3.83. The minimum Gasteiger partial charge on any atom is -0.374 e. The Bertz CT molecular complexity index is 1160. The molecule has 30 heavy (non-hydrogen) atoms. The van der Waals surface area contributed by atoms with Gasteiger partial charge in [0, 0.05) is 16.2 Å². The van der Waals surface area contributed by atoms with Crippen LogP contribution in [0.1, 0.15) is 42.1 Å². The zero-order chi connectivity index (χ0) is 21.1. The van der Waals surface area contributed by atoms with Crippen LogP contribution in [0.25, 0.3) is 11.1 Å². The Hall–Kier alpha value is -2.75. The normalized spacial score (nSPS) is 13.2. The molecule has 0 aliphatic heterocycles. The summed E-state index contributed by atoms with van der Waals surface area (Å²) >= 11 is 3.57. The molecule has 3 aromatic carbocycles. The number of nitrogens with zero attached hydrogens (tertiary/aromatic N) is 1. The second-order valence-corrected chi connectivity index (χ2v) is 8.68. The van der Waals surface area contributed by atoms with E-state index in [4.69, 9.17) is 0 Å². The zero-order valence-corrected chi connectivity index (χ0v) is 18.7. The van der Waals surface area contributed by atoms with E-state index in [1.54, 1.807) is 6.20 Å². The van der Waals surface area contributed by atoms with Crippen molar-refractivity contribution < 1.29 is 5.11 Å². The first-order valence-electron chi connectivity index (χ1n) is 10.1. The van der Waals surface area contributed by atoms with Crippen molar-refractivity contribution in [3.8, 4) is 11.1 Å². The molecule has 0 saturated carbocycles. The molecule has 150 valence electrons. The van der Waals surface area contributed by atoms with E-state index < -0.39 is 5.60 Å². The van der Waals surface area contributed by atoms with Gasteiger partial charge in [0.2, 0.25) is 0 Å². The van der Waals surface area contributed by atoms with Crippen LogP contribution in [-0.4, -0.2) is 10.1 Å². The Morgan fingerprint density at radius 1 is 0.833 bits per heavy atom. The molecule has 0 bridgehead atoms. The maximum atomic E-state index is 12.4. The lowest BCUT2D eigenvalue weighted by Crippen LogP contribution is -2.31. The SMILES string of the molecule is CC(C)c1ccnc(C(O)(c2cccc(Br)c2)c2ccccc2-c2ccccc2)c1. The maximum Gasteiger partial charge on any atom is 0.157 e. The standard InChI is InChI=1S/C27H24BrNO/c1-19(2)21-15-16-29-26(17-21)27(30,22-11-8-12-23(28)18-22)25-14-7-6-13-24(25)20-9-4-3-5-10-20/h3-19,30H,1-2H3. The molecule has 0 radical (unpaired) electrons. The lowest BCUT2D eigenvalue weighted by Gasteiger charge is -2.31. The van der Waals surface area contributed by atoms with Gasteiger partial charge < -0.3 is 5.11 Å². The molecule has 1 heterocycles. The average Bonchev–Trinajstić information content (AvgIpc) is 2.79. The molecular weight excluding hydrogens is 434 g/mol. The van der Waals surface area contributed by atoms with Gasteiger partial charge in [-0.05, 0) is 52.4 Å². The van der Waals surface area contributed by atoms with Crippen molar-refractivity contribution in [1.82, 2.24) is 4.98 Å². The van der Waals surface area contributed by atoms with Crippen LogP contribution in [0, 0.1) is 0 Å². The van der Waals surface area contributed by atoms with Gasteiger partial charge in [0.1, 0.15) is 0 Å². The van der Waals surface area contributed by atoms with E-state index in [2.05, 4.69) is 53.0 Å². The van der Waals surface area contributed by atoms with Crippen LogP contribution in [0.2, 0.25) is 0 Å². The van der Waals surface area contributed by atoms with Crippen LogP contribution < -0.4 is 0 Å². The minimum atomic E-state index is -1.40. The summed E-state index contributed by atoms with van der Waals surface area (Å²) in [4.78, 5) is 4.65. The molecule has 4 aromatic rings. The van der Waals surface area contributed by atoms with Crippen molar-refractivity contribution in [2.45, 2.75) is 25.4 Å². The predicted octanol–water partition coefficient (Wildman–Crippen LogP) is 6.92. The Morgan fingerprint density at radius 3 is 2.30 bits per heavy atom. The van der Waals surface area contributed by atoms with E-state index in [1.807, 2.05) is 72.8 Å². The molecule has 4 rings (SSSR count). The summed E-state index contributed by atoms with van der Waals surface area (Å²) in [6, 6.07) is 30.1. The van der Waals surface area contributed by atoms with Gasteiger partial charge in [0.15, 0.2) is 5.60 Å². The van der Waals surface area contributed by atoms with Crippen LogP contribution >= 0.6 is 15.9 Å². The van der Waals surface area contributed by atoms with Crippen molar-refractivity contribution in [1.29, 1.82) is 0 Å². The summed E-state index contributed by atoms with van der Waals surface area (Å²) < 4.78 is 0.913. The molecule has 1 atom stereocenters. The third-order valence-corrected chi connectivity index (χ3v) is 5.96. The molecular formula is C27H24BrNO. The topological polar surface area (TPSA) is 33.1 Å². The number of benzene rings is 3. The molecule has 0 saturated heterocycles. The van der Waals surface area contributed by atoms with Gasteiger partial charge in [0.25, 0.3) is 0 Å². The summed E-state index contributed by atoms with van der Waals surface area (Å²) in [5.41, 5.74) is 3.98. The Labute approximate surface area is 186 Å². The zero-order valence-electron chi connectivity index (χ0n) is 17.1. The van der Waals surface area contributed by atoms with Crippen LogP contribution in [0.15, 0.2) is 102 Å². The first kappa shape index (κ1) is 20.5. The largest absolute Gasteiger partial charge is 0.374 e. The van der Waals surface area contributed by atoms with Crippen molar-refractivity contribution >= 4 is 15.9 Å². The fraction of sp³-hybridized carbons (Fsp3) is 0.148. The van der Waals surface area contributed by atoms with E-state index in [0.29, 0.717) is 11.6 Å². The van der Waals surface area contributed by atoms with Crippen LogP contribution in [-0.2, 0) is 5.60 Å². The Kier molecular flexibility index (Phi) is 5.85. The highest BCUT2D eigenvalue weighted by Gasteiger charge is 2.37. The van der Waals surface area contributed by atoms with Gasteiger partial charge in [-0.3, -0.25) is 4.98 Å². The second-order valence-electron chi connectivity index (χ2n) is 7.76. The fourth-order valence-electron chi connectivity index (χ4n) is 3.83. The van der Waals surface area contributed by atoms with Gasteiger partial charge in [-0.15, -0.1) is 0 Å². The van der Waals surface area contributed by atoms with Gasteiger partial charge in [0.05, 0.1) is 5.69 Å². The number of pyridine rings is 1. The summed E-state index contributed by atoms with van der Waals surface area (Å²) in [5, 5.41) is 12.4. The summed E-state index contributed by atoms with van der Waals surface area (Å²) in [6.45, 7) is 4.30. The first-order chi connectivity index (χ1) is 14.5. The lowest BCUT2D eigenvalue weighted by atomic mass is 9.79. The molecule has 2 nitrogen and oxygen atoms in total. The van der Waals surface area contributed by atoms with Crippen LogP contribution in [0.3, 0.4) is 0 Å². The van der Waals surface area contributed by atoms with Crippen molar-refractivity contribution in [3.05, 3.63) is 124 Å². The number of halogens is 1. The highest BCUT2D eigenvalue weighted by Crippen LogP contribution is 2.41. The number of hydrogen-bond acceptors (Lipinski definition) is 2. The minimum absolute atomic E-state index is 0.336. The van der Waals surface area contributed by atoms with Gasteiger partial charge in [-0.2, -0.15) is 0 Å². The second kappa shape index (κ2) is 8.55. The number of aromatic nitrogens is 1. The molecule has 1 aromatic heterocycles. The number of rotatable bonds is 5. The fourth-order valence-corrected chi connectivity index (χ4v) is 4.23. The summed E-state index contributed by atoms with van der Waals surface area (Å²) in [6.07, 6.45) is 1.79. The average molecular weight is 458 g/mol. The molecule has 0 aliphatic carbocycles. The quantitative estimate of drug-likeness (QED) is 0.352. The van der Waals surface area contributed by atoms with E-state index in [0.717, 1.165) is 32.3 Å². The number of hydrogen-bond donors (Lipinski definition) is 1. The van der Waals surface area contributed by atoms with Crippen LogP contribution in [0.5, 0.6) is 0 Å². The lowest BCUT2D eigenvalue weighted by molar-refractivity contribution is 0.121. The van der Waals surface area contributed by atoms with E-state index in [-0.39, 0.29) is 0 Å². The van der Waals surface area contributed by atoms with Crippen molar-refractivity contribution in [2.75, 3.05) is 0 Å². The van der Waals surface area contributed by atoms with Crippen LogP contribution in [0.4, 0.5) is 0 Å². The van der Waals surface area contributed by atoms with E-state index in [9.17, 15) is 5.11 Å². The van der Waals surface area contributed by atoms with Crippen molar-refractivity contribution in [2.24, 2.45) is 0 Å². The Morgan fingerprint density at radius 2 is 1.57 bits per heavy atom. The first-order valence-corrected chi connectivity index (χ1v) is 10.9. The summed E-state index contributed by atoms with van der Waals surface area (Å²) in [5.74, 6) is 0.336. The molecule has 0 aliphatic rings. The molecule has 1 N–H and O–H groups in total.